The van der Waals surface area contributed by atoms with E-state index in [4.69, 9.17) is 4.74 Å². The number of esters is 1. The van der Waals surface area contributed by atoms with Crippen molar-refractivity contribution in [1.29, 1.82) is 0 Å². The number of carbonyl (C=O) groups excluding carboxylic acids is 1. The third-order valence-corrected chi connectivity index (χ3v) is 5.03. The highest BCUT2D eigenvalue weighted by molar-refractivity contribution is 5.79. The molecule has 158 valence electrons. The SMILES string of the molecule is C=CCn1c(=O)c2c(ncn2[C@H](C)C(=O)OCC)n(-c2ccc(C(C)C)cc2)c1=O. The fourth-order valence-corrected chi connectivity index (χ4v) is 3.35. The summed E-state index contributed by atoms with van der Waals surface area (Å²) in [5, 5.41) is 0. The average Bonchev–Trinajstić information content (AvgIpc) is 3.16. The van der Waals surface area contributed by atoms with Crippen LogP contribution in [0, 0.1) is 0 Å². The van der Waals surface area contributed by atoms with E-state index < -0.39 is 23.3 Å². The zero-order valence-electron chi connectivity index (χ0n) is 17.7. The Morgan fingerprint density at radius 3 is 2.43 bits per heavy atom. The molecular formula is C22H26N4O4. The summed E-state index contributed by atoms with van der Waals surface area (Å²) in [6.07, 6.45) is 2.88. The maximum atomic E-state index is 13.2. The number of fused-ring (bicyclic) bond motifs is 1. The monoisotopic (exact) mass is 410 g/mol. The number of hydrogen-bond donors (Lipinski definition) is 0. The van der Waals surface area contributed by atoms with Gasteiger partial charge in [-0.3, -0.25) is 9.36 Å². The molecule has 8 nitrogen and oxygen atoms in total. The highest BCUT2D eigenvalue weighted by Gasteiger charge is 2.24. The lowest BCUT2D eigenvalue weighted by atomic mass is 10.0. The van der Waals surface area contributed by atoms with Gasteiger partial charge in [0.15, 0.2) is 11.2 Å². The van der Waals surface area contributed by atoms with Gasteiger partial charge in [0.2, 0.25) is 0 Å². The van der Waals surface area contributed by atoms with Crippen molar-refractivity contribution in [2.75, 3.05) is 6.61 Å². The van der Waals surface area contributed by atoms with E-state index in [1.807, 2.05) is 24.3 Å². The Balaban J connectivity index is 2.32. The van der Waals surface area contributed by atoms with Gasteiger partial charge >= 0.3 is 11.7 Å². The van der Waals surface area contributed by atoms with E-state index >= 15 is 0 Å². The first-order valence-electron chi connectivity index (χ1n) is 9.92. The number of allylic oxidation sites excluding steroid dienone is 1. The van der Waals surface area contributed by atoms with Crippen LogP contribution in [0.5, 0.6) is 0 Å². The molecule has 0 radical (unpaired) electrons. The van der Waals surface area contributed by atoms with Gasteiger partial charge < -0.3 is 9.30 Å². The van der Waals surface area contributed by atoms with E-state index in [0.29, 0.717) is 11.6 Å². The van der Waals surface area contributed by atoms with Gasteiger partial charge in [-0.1, -0.05) is 32.1 Å². The molecule has 0 aliphatic heterocycles. The zero-order chi connectivity index (χ0) is 22.0. The molecule has 3 aromatic rings. The van der Waals surface area contributed by atoms with Crippen molar-refractivity contribution < 1.29 is 9.53 Å². The molecule has 0 spiro atoms. The molecule has 0 N–H and O–H groups in total. The lowest BCUT2D eigenvalue weighted by molar-refractivity contribution is -0.146. The second-order valence-corrected chi connectivity index (χ2v) is 7.32. The van der Waals surface area contributed by atoms with Crippen LogP contribution in [0.3, 0.4) is 0 Å². The van der Waals surface area contributed by atoms with Crippen LogP contribution < -0.4 is 11.2 Å². The predicted molar refractivity (Wildman–Crippen MR) is 115 cm³/mol. The third-order valence-electron chi connectivity index (χ3n) is 5.03. The Morgan fingerprint density at radius 1 is 1.20 bits per heavy atom. The molecule has 1 atom stereocenters. The van der Waals surface area contributed by atoms with Crippen LogP contribution in [0.15, 0.2) is 52.8 Å². The molecule has 0 unspecified atom stereocenters. The Bertz CT molecular complexity index is 1200. The molecule has 1 aromatic carbocycles. The summed E-state index contributed by atoms with van der Waals surface area (Å²) < 4.78 is 9.01. The van der Waals surface area contributed by atoms with Gasteiger partial charge in [0, 0.05) is 6.54 Å². The van der Waals surface area contributed by atoms with Gasteiger partial charge in [-0.05, 0) is 37.5 Å². The molecular weight excluding hydrogens is 384 g/mol. The van der Waals surface area contributed by atoms with Gasteiger partial charge in [-0.15, -0.1) is 6.58 Å². The smallest absolute Gasteiger partial charge is 0.337 e. The number of imidazole rings is 1. The number of rotatable bonds is 7. The first-order chi connectivity index (χ1) is 14.3. The van der Waals surface area contributed by atoms with Crippen molar-refractivity contribution in [3.05, 3.63) is 69.6 Å². The molecule has 0 amide bonds. The molecule has 2 aromatic heterocycles. The van der Waals surface area contributed by atoms with Crippen LogP contribution >= 0.6 is 0 Å². The topological polar surface area (TPSA) is 88.1 Å². The van der Waals surface area contributed by atoms with Crippen molar-refractivity contribution in [1.82, 2.24) is 18.7 Å². The van der Waals surface area contributed by atoms with Crippen LogP contribution in [0.2, 0.25) is 0 Å². The van der Waals surface area contributed by atoms with Crippen molar-refractivity contribution >= 4 is 17.1 Å². The summed E-state index contributed by atoms with van der Waals surface area (Å²) in [6, 6.07) is 6.77. The largest absolute Gasteiger partial charge is 0.464 e. The standard InChI is InChI=1S/C22H26N4O4/c1-6-12-24-20(27)18-19(23-13-25(18)15(5)21(28)30-7-2)26(22(24)29)17-10-8-16(9-11-17)14(3)4/h6,8-11,13-15H,1,7,12H2,2-5H3/t15-/m1/s1. The summed E-state index contributed by atoms with van der Waals surface area (Å²) in [4.78, 5) is 42.9. The highest BCUT2D eigenvalue weighted by atomic mass is 16.5. The van der Waals surface area contributed by atoms with Gasteiger partial charge in [0.25, 0.3) is 5.56 Å². The van der Waals surface area contributed by atoms with Gasteiger partial charge in [-0.2, -0.15) is 0 Å². The first kappa shape index (κ1) is 21.3. The summed E-state index contributed by atoms with van der Waals surface area (Å²) in [5.74, 6) is -0.138. The highest BCUT2D eigenvalue weighted by Crippen LogP contribution is 2.20. The van der Waals surface area contributed by atoms with E-state index in [9.17, 15) is 14.4 Å². The minimum atomic E-state index is -0.769. The Hall–Kier alpha value is -3.42. The number of aromatic nitrogens is 4. The molecule has 0 aliphatic carbocycles. The predicted octanol–water partition coefficient (Wildman–Crippen LogP) is 2.78. The normalized spacial score (nSPS) is 12.3. The second-order valence-electron chi connectivity index (χ2n) is 7.32. The van der Waals surface area contributed by atoms with Crippen molar-refractivity contribution in [2.24, 2.45) is 0 Å². The average molecular weight is 410 g/mol. The summed E-state index contributed by atoms with van der Waals surface area (Å²) in [7, 11) is 0. The third kappa shape index (κ3) is 3.60. The lowest BCUT2D eigenvalue weighted by Crippen LogP contribution is -2.40. The van der Waals surface area contributed by atoms with Crippen LogP contribution in [-0.2, 0) is 16.1 Å². The first-order valence-corrected chi connectivity index (χ1v) is 9.92. The maximum Gasteiger partial charge on any atom is 0.337 e. The number of benzene rings is 1. The summed E-state index contributed by atoms with van der Waals surface area (Å²) in [6.45, 7) is 11.4. The Labute approximate surface area is 174 Å². The number of carbonyl (C=O) groups is 1. The van der Waals surface area contributed by atoms with E-state index in [-0.39, 0.29) is 24.3 Å². The fraction of sp³-hybridized carbons (Fsp3) is 0.364. The van der Waals surface area contributed by atoms with Gasteiger partial charge in [-0.25, -0.2) is 19.1 Å². The van der Waals surface area contributed by atoms with Crippen LogP contribution in [0.25, 0.3) is 16.9 Å². The van der Waals surface area contributed by atoms with Gasteiger partial charge in [0.05, 0.1) is 18.6 Å². The second kappa shape index (κ2) is 8.52. The molecule has 0 fully saturated rings. The molecule has 0 aliphatic rings. The Morgan fingerprint density at radius 2 is 1.87 bits per heavy atom. The van der Waals surface area contributed by atoms with Crippen LogP contribution in [-0.4, -0.2) is 31.3 Å². The Kier molecular flexibility index (Phi) is 6.05. The number of hydrogen-bond acceptors (Lipinski definition) is 5. The van der Waals surface area contributed by atoms with E-state index in [1.54, 1.807) is 13.8 Å². The van der Waals surface area contributed by atoms with Crippen molar-refractivity contribution in [3.8, 4) is 5.69 Å². The zero-order valence-corrected chi connectivity index (χ0v) is 17.7. The van der Waals surface area contributed by atoms with Crippen molar-refractivity contribution in [3.63, 3.8) is 0 Å². The van der Waals surface area contributed by atoms with Crippen molar-refractivity contribution in [2.45, 2.75) is 46.2 Å². The molecule has 0 saturated carbocycles. The minimum Gasteiger partial charge on any atom is -0.464 e. The van der Waals surface area contributed by atoms with Crippen LogP contribution in [0.4, 0.5) is 0 Å². The minimum absolute atomic E-state index is 0.0383. The molecule has 0 bridgehead atoms. The number of ether oxygens (including phenoxy) is 1. The molecule has 0 saturated heterocycles. The van der Waals surface area contributed by atoms with Gasteiger partial charge in [0.1, 0.15) is 6.04 Å². The summed E-state index contributed by atoms with van der Waals surface area (Å²) in [5.41, 5.74) is 1.02. The molecule has 8 heteroatoms. The lowest BCUT2D eigenvalue weighted by Gasteiger charge is -2.15. The quantitative estimate of drug-likeness (QED) is 0.441. The molecule has 30 heavy (non-hydrogen) atoms. The van der Waals surface area contributed by atoms with E-state index in [1.165, 1.54) is 21.5 Å². The summed E-state index contributed by atoms with van der Waals surface area (Å²) >= 11 is 0. The maximum absolute atomic E-state index is 13.2. The fourth-order valence-electron chi connectivity index (χ4n) is 3.35. The molecule has 2 heterocycles. The van der Waals surface area contributed by atoms with Crippen LogP contribution in [0.1, 0.15) is 45.2 Å². The van der Waals surface area contributed by atoms with E-state index in [2.05, 4.69) is 25.4 Å². The number of nitrogens with zero attached hydrogens (tertiary/aromatic N) is 4. The van der Waals surface area contributed by atoms with E-state index in [0.717, 1.165) is 10.1 Å². The molecule has 3 rings (SSSR count).